The number of primary sulfonamides is 1. The van der Waals surface area contributed by atoms with Crippen LogP contribution in [0.3, 0.4) is 0 Å². The molecule has 11 heteroatoms. The Kier molecular flexibility index (Phi) is 6.65. The van der Waals surface area contributed by atoms with Gasteiger partial charge in [-0.1, -0.05) is 54.1 Å². The predicted molar refractivity (Wildman–Crippen MR) is 150 cm³/mol. The van der Waals surface area contributed by atoms with E-state index in [4.69, 9.17) is 29.0 Å². The zero-order chi connectivity index (χ0) is 26.2. The number of anilines is 1. The molecule has 1 heterocycles. The van der Waals surface area contributed by atoms with E-state index >= 15 is 0 Å². The van der Waals surface area contributed by atoms with Gasteiger partial charge in [0.25, 0.3) is 0 Å². The summed E-state index contributed by atoms with van der Waals surface area (Å²) in [5.74, 6) is -0.0748. The molecule has 0 saturated carbocycles. The summed E-state index contributed by atoms with van der Waals surface area (Å²) < 4.78 is 24.6. The van der Waals surface area contributed by atoms with Gasteiger partial charge in [0.15, 0.2) is 5.69 Å². The Balaban J connectivity index is 1.47. The Labute approximate surface area is 223 Å². The number of aromatic nitrogens is 1. The third-order valence-electron chi connectivity index (χ3n) is 5.86. The predicted octanol–water partition coefficient (Wildman–Crippen LogP) is 6.33. The van der Waals surface area contributed by atoms with Crippen LogP contribution >= 0.6 is 23.8 Å². The molecule has 5 rings (SSSR count). The molecule has 1 aromatic heterocycles. The van der Waals surface area contributed by atoms with E-state index in [2.05, 4.69) is 15.5 Å². The number of fused-ring (bicyclic) bond motifs is 2. The van der Waals surface area contributed by atoms with Gasteiger partial charge in [-0.2, -0.15) is 0 Å². The van der Waals surface area contributed by atoms with Crippen LogP contribution in [0.1, 0.15) is 5.56 Å². The standard InChI is InChI=1S/C26H20ClN5O3S2/c27-18-8-13-23-22(14-18)24(30-31-26(36)29-19-9-11-20(12-10-19)37(28,34)35)25(33)32(23)15-17-6-3-5-16-4-1-2-7-21(16)17/h1-14,33H,15H2,(H,29,36)(H2,28,34,35). The number of hydrogen-bond acceptors (Lipinski definition) is 5. The minimum absolute atomic E-state index is 0.0136. The number of sulfonamides is 1. The summed E-state index contributed by atoms with van der Waals surface area (Å²) in [6.07, 6.45) is 0. The van der Waals surface area contributed by atoms with Crippen molar-refractivity contribution in [1.29, 1.82) is 0 Å². The van der Waals surface area contributed by atoms with Gasteiger partial charge < -0.3 is 15.0 Å². The lowest BCUT2D eigenvalue weighted by atomic mass is 10.0. The number of azo groups is 1. The normalized spacial score (nSPS) is 11.9. The molecule has 4 aromatic carbocycles. The lowest BCUT2D eigenvalue weighted by Gasteiger charge is -2.10. The molecule has 4 N–H and O–H groups in total. The van der Waals surface area contributed by atoms with E-state index in [1.165, 1.54) is 24.3 Å². The van der Waals surface area contributed by atoms with E-state index in [1.54, 1.807) is 16.7 Å². The Morgan fingerprint density at radius 3 is 2.49 bits per heavy atom. The van der Waals surface area contributed by atoms with Gasteiger partial charge in [-0.15, -0.1) is 10.2 Å². The minimum atomic E-state index is -3.80. The molecule has 0 unspecified atom stereocenters. The highest BCUT2D eigenvalue weighted by Gasteiger charge is 2.18. The average molecular weight is 550 g/mol. The summed E-state index contributed by atoms with van der Waals surface area (Å²) in [5.41, 5.74) is 2.50. The third kappa shape index (κ3) is 5.18. The number of hydrogen-bond donors (Lipinski definition) is 3. The Morgan fingerprint density at radius 1 is 1.00 bits per heavy atom. The van der Waals surface area contributed by atoms with Gasteiger partial charge in [-0.25, -0.2) is 13.6 Å². The fraction of sp³-hybridized carbons (Fsp3) is 0.0385. The molecule has 186 valence electrons. The molecule has 0 radical (unpaired) electrons. The first-order valence-corrected chi connectivity index (χ1v) is 13.4. The highest BCUT2D eigenvalue weighted by Crippen LogP contribution is 2.41. The van der Waals surface area contributed by atoms with E-state index in [9.17, 15) is 13.5 Å². The molecule has 0 aliphatic rings. The molecule has 0 spiro atoms. The SMILES string of the molecule is NS(=O)(=O)c1ccc(NC(=S)N=Nc2c(O)n(Cc3cccc4ccccc34)c3ccc(Cl)cc23)cc1. The molecule has 0 saturated heterocycles. The molecule has 0 aliphatic carbocycles. The van der Waals surface area contributed by atoms with Crippen LogP contribution < -0.4 is 10.5 Å². The van der Waals surface area contributed by atoms with Crippen molar-refractivity contribution in [3.63, 3.8) is 0 Å². The summed E-state index contributed by atoms with van der Waals surface area (Å²) in [5, 5.41) is 30.8. The van der Waals surface area contributed by atoms with Crippen LogP contribution in [0, 0.1) is 0 Å². The smallest absolute Gasteiger partial charge is 0.238 e. The van der Waals surface area contributed by atoms with Gasteiger partial charge in [-0.3, -0.25) is 0 Å². The van der Waals surface area contributed by atoms with E-state index in [0.717, 1.165) is 21.9 Å². The van der Waals surface area contributed by atoms with Crippen LogP contribution in [-0.4, -0.2) is 23.2 Å². The summed E-state index contributed by atoms with van der Waals surface area (Å²) >= 11 is 11.5. The number of thiocarbonyl (C=S) groups is 1. The molecular formula is C26H20ClN5O3S2. The fourth-order valence-electron chi connectivity index (χ4n) is 4.13. The highest BCUT2D eigenvalue weighted by atomic mass is 35.5. The zero-order valence-corrected chi connectivity index (χ0v) is 21.6. The topological polar surface area (TPSA) is 122 Å². The summed E-state index contributed by atoms with van der Waals surface area (Å²) in [4.78, 5) is -0.0219. The van der Waals surface area contributed by atoms with Crippen LogP contribution in [0.25, 0.3) is 21.7 Å². The average Bonchev–Trinajstić information content (AvgIpc) is 3.12. The number of nitrogens with one attached hydrogen (secondary N) is 1. The fourth-order valence-corrected chi connectivity index (χ4v) is 4.97. The van der Waals surface area contributed by atoms with Crippen molar-refractivity contribution >= 4 is 72.0 Å². The van der Waals surface area contributed by atoms with Gasteiger partial charge in [0, 0.05) is 16.1 Å². The quantitative estimate of drug-likeness (QED) is 0.175. The second kappa shape index (κ2) is 9.91. The van der Waals surface area contributed by atoms with E-state index < -0.39 is 10.0 Å². The summed E-state index contributed by atoms with van der Waals surface area (Å²) in [7, 11) is -3.80. The van der Waals surface area contributed by atoms with Crippen molar-refractivity contribution in [2.75, 3.05) is 5.32 Å². The molecule has 37 heavy (non-hydrogen) atoms. The maximum Gasteiger partial charge on any atom is 0.238 e. The first kappa shape index (κ1) is 24.8. The third-order valence-corrected chi connectivity index (χ3v) is 7.20. The zero-order valence-electron chi connectivity index (χ0n) is 19.2. The van der Waals surface area contributed by atoms with E-state index in [1.807, 2.05) is 48.5 Å². The van der Waals surface area contributed by atoms with Crippen LogP contribution in [0.2, 0.25) is 5.02 Å². The summed E-state index contributed by atoms with van der Waals surface area (Å²) in [6.45, 7) is 0.403. The van der Waals surface area contributed by atoms with Gasteiger partial charge in [0.05, 0.1) is 17.0 Å². The van der Waals surface area contributed by atoms with E-state index in [0.29, 0.717) is 22.6 Å². The minimum Gasteiger partial charge on any atom is -0.493 e. The number of nitrogens with zero attached hydrogens (tertiary/aromatic N) is 3. The number of aromatic hydroxyl groups is 1. The van der Waals surface area contributed by atoms with Crippen molar-refractivity contribution < 1.29 is 13.5 Å². The van der Waals surface area contributed by atoms with Crippen molar-refractivity contribution in [1.82, 2.24) is 4.57 Å². The molecule has 5 aromatic rings. The first-order chi connectivity index (χ1) is 17.7. The van der Waals surface area contributed by atoms with Crippen molar-refractivity contribution in [3.05, 3.63) is 95.5 Å². The second-order valence-corrected chi connectivity index (χ2v) is 10.6. The van der Waals surface area contributed by atoms with Crippen molar-refractivity contribution in [3.8, 4) is 5.88 Å². The monoisotopic (exact) mass is 549 g/mol. The Bertz CT molecular complexity index is 1790. The number of halogens is 1. The molecule has 0 fully saturated rings. The van der Waals surface area contributed by atoms with Gasteiger partial charge in [0.2, 0.25) is 21.0 Å². The lowest BCUT2D eigenvalue weighted by molar-refractivity contribution is 0.430. The molecule has 0 bridgehead atoms. The number of rotatable bonds is 5. The molecule has 8 nitrogen and oxygen atoms in total. The molecule has 0 atom stereocenters. The lowest BCUT2D eigenvalue weighted by Crippen LogP contribution is -2.12. The van der Waals surface area contributed by atoms with Gasteiger partial charge in [-0.05, 0) is 71.0 Å². The van der Waals surface area contributed by atoms with Crippen LogP contribution in [0.15, 0.2) is 100 Å². The molecule has 0 amide bonds. The number of nitrogens with two attached hydrogens (primary N) is 1. The number of benzene rings is 4. The summed E-state index contributed by atoms with van der Waals surface area (Å²) in [6, 6.07) is 25.1. The molecule has 0 aliphatic heterocycles. The van der Waals surface area contributed by atoms with Crippen molar-refractivity contribution in [2.24, 2.45) is 15.4 Å². The maximum atomic E-state index is 11.4. The van der Waals surface area contributed by atoms with E-state index in [-0.39, 0.29) is 21.6 Å². The maximum absolute atomic E-state index is 11.4. The Morgan fingerprint density at radius 2 is 1.73 bits per heavy atom. The highest BCUT2D eigenvalue weighted by molar-refractivity contribution is 7.89. The molecular weight excluding hydrogens is 530 g/mol. The first-order valence-electron chi connectivity index (χ1n) is 11.0. The van der Waals surface area contributed by atoms with Crippen LogP contribution in [0.5, 0.6) is 5.88 Å². The van der Waals surface area contributed by atoms with Crippen LogP contribution in [0.4, 0.5) is 11.4 Å². The van der Waals surface area contributed by atoms with Crippen LogP contribution in [-0.2, 0) is 16.6 Å². The van der Waals surface area contributed by atoms with Gasteiger partial charge in [0.1, 0.15) is 0 Å². The Hall–Kier alpha value is -3.83. The van der Waals surface area contributed by atoms with Crippen molar-refractivity contribution in [2.45, 2.75) is 11.4 Å². The second-order valence-electron chi connectivity index (χ2n) is 8.26. The largest absolute Gasteiger partial charge is 0.493 e. The van der Waals surface area contributed by atoms with Gasteiger partial charge >= 0.3 is 0 Å².